The van der Waals surface area contributed by atoms with E-state index in [1.807, 2.05) is 0 Å². The van der Waals surface area contributed by atoms with E-state index >= 15 is 0 Å². The van der Waals surface area contributed by atoms with Gasteiger partial charge in [0.25, 0.3) is 0 Å². The van der Waals surface area contributed by atoms with Crippen LogP contribution in [-0.2, 0) is 9.53 Å². The third-order valence-corrected chi connectivity index (χ3v) is 7.87. The van der Waals surface area contributed by atoms with Crippen molar-refractivity contribution in [2.75, 3.05) is 6.61 Å². The molecule has 214 valence electrons. The molecular weight excluding hydrogens is 440 g/mol. The third-order valence-electron chi connectivity index (χ3n) is 7.87. The summed E-state index contributed by atoms with van der Waals surface area (Å²) in [6, 6.07) is 0. The van der Waals surface area contributed by atoms with Crippen molar-refractivity contribution in [3.05, 3.63) is 12.2 Å². The highest BCUT2D eigenvalue weighted by Gasteiger charge is 2.12. The van der Waals surface area contributed by atoms with E-state index < -0.39 is 0 Å². The first-order valence-corrected chi connectivity index (χ1v) is 16.3. The van der Waals surface area contributed by atoms with Gasteiger partial charge in [0.05, 0.1) is 6.61 Å². The predicted octanol–water partition coefficient (Wildman–Crippen LogP) is 11.8. The van der Waals surface area contributed by atoms with Crippen molar-refractivity contribution in [1.82, 2.24) is 0 Å². The van der Waals surface area contributed by atoms with E-state index in [9.17, 15) is 4.79 Å². The van der Waals surface area contributed by atoms with Gasteiger partial charge in [-0.3, -0.25) is 0 Å². The van der Waals surface area contributed by atoms with Crippen LogP contribution in [0, 0.1) is 11.8 Å². The van der Waals surface area contributed by atoms with Crippen molar-refractivity contribution in [3.63, 3.8) is 0 Å². The second-order valence-electron chi connectivity index (χ2n) is 11.9. The van der Waals surface area contributed by atoms with Gasteiger partial charge in [-0.1, -0.05) is 169 Å². The number of carbonyl (C=O) groups excluding carboxylic acids is 1. The summed E-state index contributed by atoms with van der Waals surface area (Å²) in [5, 5.41) is 0. The lowest BCUT2D eigenvalue weighted by atomic mass is 9.94. The first-order chi connectivity index (χ1) is 17.5. The van der Waals surface area contributed by atoms with Crippen LogP contribution in [0.2, 0.25) is 0 Å². The van der Waals surface area contributed by atoms with Crippen molar-refractivity contribution in [2.24, 2.45) is 11.8 Å². The smallest absolute Gasteiger partial charge is 0.333 e. The second kappa shape index (κ2) is 27.3. The maximum atomic E-state index is 11.9. The maximum Gasteiger partial charge on any atom is 0.333 e. The minimum Gasteiger partial charge on any atom is -0.462 e. The molecule has 0 aromatic heterocycles. The van der Waals surface area contributed by atoms with Crippen LogP contribution < -0.4 is 0 Å². The highest BCUT2D eigenvalue weighted by atomic mass is 16.5. The van der Waals surface area contributed by atoms with E-state index in [0.717, 1.165) is 5.92 Å². The normalized spacial score (nSPS) is 13.0. The zero-order valence-corrected chi connectivity index (χ0v) is 25.4. The molecule has 0 aromatic carbocycles. The van der Waals surface area contributed by atoms with E-state index in [2.05, 4.69) is 27.4 Å². The fraction of sp³-hybridized carbons (Fsp3) is 0.912. The molecule has 0 fully saturated rings. The second-order valence-corrected chi connectivity index (χ2v) is 11.9. The number of carbonyl (C=O) groups is 1. The van der Waals surface area contributed by atoms with Crippen molar-refractivity contribution >= 4 is 5.97 Å². The molecule has 0 aliphatic heterocycles. The molecular formula is C34H66O2. The molecule has 0 bridgehead atoms. The average molecular weight is 507 g/mol. The third kappa shape index (κ3) is 24.9. The summed E-state index contributed by atoms with van der Waals surface area (Å²) in [5.41, 5.74) is 0.517. The molecule has 0 N–H and O–H groups in total. The number of hydrogen-bond acceptors (Lipinski definition) is 2. The molecule has 2 atom stereocenters. The first kappa shape index (κ1) is 35.2. The van der Waals surface area contributed by atoms with Crippen molar-refractivity contribution in [3.8, 4) is 0 Å². The Morgan fingerprint density at radius 2 is 0.944 bits per heavy atom. The van der Waals surface area contributed by atoms with Crippen LogP contribution in [0.5, 0.6) is 0 Å². The SMILES string of the molecule is C=C(C)C(=O)OCC(CCCCCCCCCCCCCC)CCCCCCCCC(C)CCCC. The largest absolute Gasteiger partial charge is 0.462 e. The van der Waals surface area contributed by atoms with Crippen LogP contribution >= 0.6 is 0 Å². The summed E-state index contributed by atoms with van der Waals surface area (Å²) >= 11 is 0. The van der Waals surface area contributed by atoms with Crippen LogP contribution in [0.1, 0.15) is 182 Å². The van der Waals surface area contributed by atoms with Gasteiger partial charge in [0.2, 0.25) is 0 Å². The summed E-state index contributed by atoms with van der Waals surface area (Å²) < 4.78 is 5.55. The minimum absolute atomic E-state index is 0.220. The molecule has 0 rings (SSSR count). The van der Waals surface area contributed by atoms with Gasteiger partial charge in [-0.05, 0) is 31.6 Å². The lowest BCUT2D eigenvalue weighted by Crippen LogP contribution is -2.15. The number of hydrogen-bond donors (Lipinski definition) is 0. The summed E-state index contributed by atoms with van der Waals surface area (Å²) in [6.45, 7) is 13.1. The zero-order valence-electron chi connectivity index (χ0n) is 25.4. The molecule has 2 nitrogen and oxygen atoms in total. The molecule has 0 aliphatic carbocycles. The standard InChI is InChI=1S/C34H66O2/c1-6-8-10-11-12-13-14-15-16-17-21-24-28-33(30-36-34(35)31(3)4)29-25-22-19-18-20-23-27-32(5)26-9-7-2/h32-33H,3,6-30H2,1-2,4-5H3. The van der Waals surface area contributed by atoms with E-state index in [1.54, 1.807) is 6.92 Å². The monoisotopic (exact) mass is 507 g/mol. The molecule has 0 heterocycles. The van der Waals surface area contributed by atoms with Gasteiger partial charge in [-0.25, -0.2) is 4.79 Å². The van der Waals surface area contributed by atoms with Crippen LogP contribution in [0.4, 0.5) is 0 Å². The van der Waals surface area contributed by atoms with Gasteiger partial charge < -0.3 is 4.74 Å². The molecule has 0 amide bonds. The molecule has 2 unspecified atom stereocenters. The van der Waals surface area contributed by atoms with Gasteiger partial charge in [-0.15, -0.1) is 0 Å². The number of esters is 1. The van der Waals surface area contributed by atoms with E-state index in [4.69, 9.17) is 4.74 Å². The Morgan fingerprint density at radius 1 is 0.583 bits per heavy atom. The van der Waals surface area contributed by atoms with Crippen LogP contribution in [0.25, 0.3) is 0 Å². The summed E-state index contributed by atoms with van der Waals surface area (Å²) in [6.07, 6.45) is 32.8. The molecule has 0 radical (unpaired) electrons. The Bertz CT molecular complexity index is 484. The molecule has 2 heteroatoms. The number of ether oxygens (including phenoxy) is 1. The molecule has 36 heavy (non-hydrogen) atoms. The first-order valence-electron chi connectivity index (χ1n) is 16.3. The highest BCUT2D eigenvalue weighted by molar-refractivity contribution is 5.86. The topological polar surface area (TPSA) is 26.3 Å². The van der Waals surface area contributed by atoms with Gasteiger partial charge in [0, 0.05) is 5.57 Å². The maximum absolute atomic E-state index is 11.9. The zero-order chi connectivity index (χ0) is 26.7. The van der Waals surface area contributed by atoms with Crippen LogP contribution in [0.15, 0.2) is 12.2 Å². The van der Waals surface area contributed by atoms with Gasteiger partial charge in [0.1, 0.15) is 0 Å². The fourth-order valence-electron chi connectivity index (χ4n) is 5.23. The Labute approximate surface area is 227 Å². The lowest BCUT2D eigenvalue weighted by Gasteiger charge is -2.17. The quantitative estimate of drug-likeness (QED) is 0.0599. The minimum atomic E-state index is -0.220. The summed E-state index contributed by atoms with van der Waals surface area (Å²) in [5.74, 6) is 1.21. The molecule has 0 saturated heterocycles. The lowest BCUT2D eigenvalue weighted by molar-refractivity contribution is -0.140. The van der Waals surface area contributed by atoms with Gasteiger partial charge >= 0.3 is 5.97 Å². The fourth-order valence-corrected chi connectivity index (χ4v) is 5.23. The van der Waals surface area contributed by atoms with Gasteiger partial charge in [0.15, 0.2) is 0 Å². The summed E-state index contributed by atoms with van der Waals surface area (Å²) in [7, 11) is 0. The average Bonchev–Trinajstić information content (AvgIpc) is 2.87. The predicted molar refractivity (Wildman–Crippen MR) is 161 cm³/mol. The molecule has 0 spiro atoms. The van der Waals surface area contributed by atoms with E-state index in [-0.39, 0.29) is 5.97 Å². The molecule has 0 aromatic rings. The van der Waals surface area contributed by atoms with Crippen molar-refractivity contribution in [2.45, 2.75) is 182 Å². The number of rotatable bonds is 28. The Balaban J connectivity index is 3.88. The Kier molecular flexibility index (Phi) is 26.7. The van der Waals surface area contributed by atoms with Crippen LogP contribution in [-0.4, -0.2) is 12.6 Å². The van der Waals surface area contributed by atoms with E-state index in [0.29, 0.717) is 18.1 Å². The Hall–Kier alpha value is -0.790. The van der Waals surface area contributed by atoms with Crippen LogP contribution in [0.3, 0.4) is 0 Å². The van der Waals surface area contributed by atoms with Crippen molar-refractivity contribution in [1.29, 1.82) is 0 Å². The number of unbranched alkanes of at least 4 members (excludes halogenated alkanes) is 17. The van der Waals surface area contributed by atoms with Crippen molar-refractivity contribution < 1.29 is 9.53 Å². The highest BCUT2D eigenvalue weighted by Crippen LogP contribution is 2.21. The molecule has 0 saturated carbocycles. The molecule has 0 aliphatic rings. The van der Waals surface area contributed by atoms with E-state index in [1.165, 1.54) is 154 Å². The van der Waals surface area contributed by atoms with Gasteiger partial charge in [-0.2, -0.15) is 0 Å². The summed E-state index contributed by atoms with van der Waals surface area (Å²) in [4.78, 5) is 11.9. The Morgan fingerprint density at radius 3 is 1.36 bits per heavy atom.